The summed E-state index contributed by atoms with van der Waals surface area (Å²) in [7, 11) is 1.45. The van der Waals surface area contributed by atoms with Gasteiger partial charge >= 0.3 is 0 Å². The first kappa shape index (κ1) is 12.2. The minimum absolute atomic E-state index is 0.0816. The van der Waals surface area contributed by atoms with Crippen LogP contribution < -0.4 is 4.74 Å². The first-order chi connectivity index (χ1) is 8.67. The van der Waals surface area contributed by atoms with Crippen LogP contribution in [0.15, 0.2) is 18.2 Å². The molecule has 1 aromatic carbocycles. The maximum Gasteiger partial charge on any atom is 0.271 e. The van der Waals surface area contributed by atoms with Crippen molar-refractivity contribution in [2.24, 2.45) is 0 Å². The molecule has 0 atom stereocenters. The second kappa shape index (κ2) is 4.96. The number of methoxy groups -OCH3 is 1. The number of nitro groups is 1. The summed E-state index contributed by atoms with van der Waals surface area (Å²) < 4.78 is 6.43. The van der Waals surface area contributed by atoms with Crippen LogP contribution in [0.4, 0.5) is 5.69 Å². The smallest absolute Gasteiger partial charge is 0.271 e. The second-order valence-electron chi connectivity index (χ2n) is 3.25. The zero-order chi connectivity index (χ0) is 13.1. The van der Waals surface area contributed by atoms with Crippen molar-refractivity contribution in [2.75, 3.05) is 7.11 Å². The number of hydrogen-bond acceptors (Lipinski definition) is 6. The van der Waals surface area contributed by atoms with Crippen LogP contribution in [-0.4, -0.2) is 32.2 Å². The van der Waals surface area contributed by atoms with E-state index in [1.54, 1.807) is 0 Å². The number of aromatic nitrogens is 4. The van der Waals surface area contributed by atoms with Gasteiger partial charge in [0.15, 0.2) is 5.82 Å². The number of nitro benzene ring substituents is 1. The summed E-state index contributed by atoms with van der Waals surface area (Å²) in [5.41, 5.74) is 0.286. The van der Waals surface area contributed by atoms with Gasteiger partial charge in [-0.2, -0.15) is 4.68 Å². The van der Waals surface area contributed by atoms with Crippen LogP contribution >= 0.6 is 11.6 Å². The molecule has 0 aliphatic rings. The molecule has 9 heteroatoms. The summed E-state index contributed by atoms with van der Waals surface area (Å²) in [4.78, 5) is 10.2. The lowest BCUT2D eigenvalue weighted by atomic mass is 10.2. The van der Waals surface area contributed by atoms with E-state index in [1.807, 2.05) is 0 Å². The van der Waals surface area contributed by atoms with Crippen LogP contribution in [0.3, 0.4) is 0 Å². The number of hydrogen-bond donors (Lipinski definition) is 0. The molecule has 0 saturated heterocycles. The summed E-state index contributed by atoms with van der Waals surface area (Å²) in [5, 5.41) is 21.7. The molecule has 2 aromatic rings. The Hall–Kier alpha value is -2.22. The summed E-state index contributed by atoms with van der Waals surface area (Å²) in [6.07, 6.45) is 0. The van der Waals surface area contributed by atoms with Crippen LogP contribution in [0, 0.1) is 10.1 Å². The van der Waals surface area contributed by atoms with E-state index >= 15 is 0 Å². The molecule has 18 heavy (non-hydrogen) atoms. The zero-order valence-electron chi connectivity index (χ0n) is 9.28. The summed E-state index contributed by atoms with van der Waals surface area (Å²) in [6.45, 7) is 0. The standard InChI is InChI=1S/C9H8ClN5O3/c1-18-8-3-2-6(15(16)17)4-7(8)14-9(5-10)11-12-13-14/h2-4H,5H2,1H3. The van der Waals surface area contributed by atoms with Gasteiger partial charge < -0.3 is 4.74 Å². The van der Waals surface area contributed by atoms with Gasteiger partial charge in [-0.25, -0.2) is 0 Å². The normalized spacial score (nSPS) is 10.3. The number of nitrogens with zero attached hydrogens (tertiary/aromatic N) is 5. The largest absolute Gasteiger partial charge is 0.494 e. The lowest BCUT2D eigenvalue weighted by Gasteiger charge is -2.08. The fourth-order valence-corrected chi connectivity index (χ4v) is 1.60. The van der Waals surface area contributed by atoms with Gasteiger partial charge in [0, 0.05) is 12.1 Å². The highest BCUT2D eigenvalue weighted by Crippen LogP contribution is 2.27. The van der Waals surface area contributed by atoms with Crippen molar-refractivity contribution in [1.82, 2.24) is 20.2 Å². The van der Waals surface area contributed by atoms with Crippen molar-refractivity contribution in [1.29, 1.82) is 0 Å². The van der Waals surface area contributed by atoms with Gasteiger partial charge in [0.1, 0.15) is 11.4 Å². The Morgan fingerprint density at radius 1 is 1.56 bits per heavy atom. The van der Waals surface area contributed by atoms with Crippen LogP contribution in [0.25, 0.3) is 5.69 Å². The molecule has 0 radical (unpaired) electrons. The fourth-order valence-electron chi connectivity index (χ4n) is 1.43. The molecule has 8 nitrogen and oxygen atoms in total. The van der Waals surface area contributed by atoms with Crippen molar-refractivity contribution in [2.45, 2.75) is 5.88 Å². The van der Waals surface area contributed by atoms with Gasteiger partial charge in [-0.15, -0.1) is 16.7 Å². The van der Waals surface area contributed by atoms with E-state index < -0.39 is 4.92 Å². The Morgan fingerprint density at radius 3 is 2.94 bits per heavy atom. The Labute approximate surface area is 106 Å². The zero-order valence-corrected chi connectivity index (χ0v) is 10.0. The van der Waals surface area contributed by atoms with Crippen LogP contribution in [-0.2, 0) is 5.88 Å². The first-order valence-corrected chi connectivity index (χ1v) is 5.37. The molecule has 0 amide bonds. The average Bonchev–Trinajstić information content (AvgIpc) is 2.85. The number of tetrazole rings is 1. The SMILES string of the molecule is COc1ccc([N+](=O)[O-])cc1-n1nnnc1CCl. The molecular weight excluding hydrogens is 262 g/mol. The molecule has 0 spiro atoms. The molecule has 94 valence electrons. The predicted octanol–water partition coefficient (Wildman–Crippen LogP) is 1.32. The van der Waals surface area contributed by atoms with Crippen LogP contribution in [0.1, 0.15) is 5.82 Å². The van der Waals surface area contributed by atoms with E-state index in [0.717, 1.165) is 0 Å². The molecule has 1 aromatic heterocycles. The topological polar surface area (TPSA) is 96.0 Å². The highest BCUT2D eigenvalue weighted by Gasteiger charge is 2.16. The highest BCUT2D eigenvalue weighted by atomic mass is 35.5. The average molecular weight is 270 g/mol. The maximum absolute atomic E-state index is 10.8. The first-order valence-electron chi connectivity index (χ1n) is 4.83. The van der Waals surface area contributed by atoms with Crippen molar-refractivity contribution in [3.8, 4) is 11.4 Å². The Bertz CT molecular complexity index is 585. The number of non-ortho nitro benzene ring substituents is 1. The van der Waals surface area contributed by atoms with Crippen molar-refractivity contribution in [3.63, 3.8) is 0 Å². The molecule has 2 rings (SSSR count). The number of benzene rings is 1. The van der Waals surface area contributed by atoms with Gasteiger partial charge in [0.2, 0.25) is 0 Å². The van der Waals surface area contributed by atoms with Crippen LogP contribution in [0.2, 0.25) is 0 Å². The number of ether oxygens (including phenoxy) is 1. The van der Waals surface area contributed by atoms with Gasteiger partial charge in [-0.1, -0.05) is 0 Å². The summed E-state index contributed by atoms with van der Waals surface area (Å²) >= 11 is 5.68. The third-order valence-electron chi connectivity index (χ3n) is 2.26. The Kier molecular flexibility index (Phi) is 3.38. The van der Waals surface area contributed by atoms with E-state index in [-0.39, 0.29) is 11.6 Å². The lowest BCUT2D eigenvalue weighted by Crippen LogP contribution is -2.04. The van der Waals surface area contributed by atoms with E-state index in [1.165, 1.54) is 30.0 Å². The molecule has 0 unspecified atom stereocenters. The quantitative estimate of drug-likeness (QED) is 0.472. The molecule has 1 heterocycles. The van der Waals surface area contributed by atoms with E-state index in [0.29, 0.717) is 17.3 Å². The molecule has 0 bridgehead atoms. The number of halogens is 1. The van der Waals surface area contributed by atoms with E-state index in [9.17, 15) is 10.1 Å². The molecule has 0 saturated carbocycles. The second-order valence-corrected chi connectivity index (χ2v) is 3.52. The van der Waals surface area contributed by atoms with Gasteiger partial charge in [0.25, 0.3) is 5.69 Å². The van der Waals surface area contributed by atoms with E-state index in [4.69, 9.17) is 16.3 Å². The van der Waals surface area contributed by atoms with Crippen LogP contribution in [0.5, 0.6) is 5.75 Å². The molecule has 0 aliphatic heterocycles. The molecule has 0 fully saturated rings. The van der Waals surface area contributed by atoms with E-state index in [2.05, 4.69) is 15.5 Å². The van der Waals surface area contributed by atoms with Crippen molar-refractivity contribution in [3.05, 3.63) is 34.1 Å². The molecule has 0 aliphatic carbocycles. The minimum Gasteiger partial charge on any atom is -0.494 e. The lowest BCUT2D eigenvalue weighted by molar-refractivity contribution is -0.384. The van der Waals surface area contributed by atoms with Gasteiger partial charge in [-0.3, -0.25) is 10.1 Å². The molecular formula is C9H8ClN5O3. The Morgan fingerprint density at radius 2 is 2.33 bits per heavy atom. The predicted molar refractivity (Wildman–Crippen MR) is 61.9 cm³/mol. The third-order valence-corrected chi connectivity index (χ3v) is 2.49. The molecule has 0 N–H and O–H groups in total. The van der Waals surface area contributed by atoms with Gasteiger partial charge in [0.05, 0.1) is 17.9 Å². The highest BCUT2D eigenvalue weighted by molar-refractivity contribution is 6.16. The number of rotatable bonds is 4. The minimum atomic E-state index is -0.506. The Balaban J connectivity index is 2.60. The number of alkyl halides is 1. The third kappa shape index (κ3) is 2.09. The van der Waals surface area contributed by atoms with Crippen molar-refractivity contribution >= 4 is 17.3 Å². The summed E-state index contributed by atoms with van der Waals surface area (Å²) in [5.74, 6) is 0.869. The van der Waals surface area contributed by atoms with Gasteiger partial charge in [-0.05, 0) is 16.5 Å². The van der Waals surface area contributed by atoms with Crippen molar-refractivity contribution < 1.29 is 9.66 Å². The monoisotopic (exact) mass is 269 g/mol. The summed E-state index contributed by atoms with van der Waals surface area (Å²) in [6, 6.07) is 4.14. The maximum atomic E-state index is 10.8. The fraction of sp³-hybridized carbons (Fsp3) is 0.222.